The maximum absolute atomic E-state index is 10.0. The Bertz CT molecular complexity index is 133. The second kappa shape index (κ2) is 2.76. The molecular weight excluding hydrogens is 154 g/mol. The highest BCUT2D eigenvalue weighted by molar-refractivity contribution is 7.58. The first kappa shape index (κ1) is 8.34. The van der Waals surface area contributed by atoms with Crippen LogP contribution >= 0.6 is 15.9 Å². The van der Waals surface area contributed by atoms with E-state index in [9.17, 15) is 9.13 Å². The van der Waals surface area contributed by atoms with E-state index < -0.39 is 15.9 Å². The molecule has 0 aliphatic heterocycles. The van der Waals surface area contributed by atoms with Crippen molar-refractivity contribution in [3.63, 3.8) is 0 Å². The second-order valence-electron chi connectivity index (χ2n) is 1.16. The molecule has 0 aliphatic carbocycles. The van der Waals surface area contributed by atoms with Crippen molar-refractivity contribution < 1.29 is 23.2 Å². The molecule has 0 fully saturated rings. The largest absolute Gasteiger partial charge is 0.332 e. The molecular formula is CH6O5P2. The molecule has 2 atom stereocenters. The minimum absolute atomic E-state index is 0.839. The van der Waals surface area contributed by atoms with Crippen molar-refractivity contribution in [2.45, 2.75) is 0 Å². The third-order valence-corrected chi connectivity index (χ3v) is 2.23. The first-order chi connectivity index (χ1) is 3.42. The fourth-order valence-electron chi connectivity index (χ4n) is 0.145. The summed E-state index contributed by atoms with van der Waals surface area (Å²) in [5.41, 5.74) is 0. The molecule has 2 unspecified atom stereocenters. The van der Waals surface area contributed by atoms with Crippen LogP contribution in [-0.2, 0) is 13.4 Å². The van der Waals surface area contributed by atoms with Crippen LogP contribution in [0.25, 0.3) is 0 Å². The van der Waals surface area contributed by atoms with Gasteiger partial charge in [0.1, 0.15) is 0 Å². The molecule has 0 saturated heterocycles. The molecule has 0 aromatic rings. The van der Waals surface area contributed by atoms with E-state index in [1.165, 1.54) is 0 Å². The average Bonchev–Trinajstić information content (AvgIpc) is 1.21. The lowest BCUT2D eigenvalue weighted by atomic mass is 12.0. The minimum atomic E-state index is -3.74. The maximum Gasteiger partial charge on any atom is 0.332 e. The van der Waals surface area contributed by atoms with E-state index in [1.807, 2.05) is 0 Å². The molecule has 7 heteroatoms. The van der Waals surface area contributed by atoms with Crippen molar-refractivity contribution in [1.29, 1.82) is 0 Å². The monoisotopic (exact) mass is 160 g/mol. The van der Waals surface area contributed by atoms with E-state index in [2.05, 4.69) is 4.31 Å². The highest BCUT2D eigenvalue weighted by Crippen LogP contribution is 2.45. The van der Waals surface area contributed by atoms with Gasteiger partial charge in [-0.05, 0) is 0 Å². The van der Waals surface area contributed by atoms with Crippen molar-refractivity contribution >= 4 is 15.9 Å². The lowest BCUT2D eigenvalue weighted by Crippen LogP contribution is -1.74. The topological polar surface area (TPSA) is 83.8 Å². The Hall–Kier alpha value is 0.340. The van der Waals surface area contributed by atoms with Gasteiger partial charge in [0.2, 0.25) is 0 Å². The van der Waals surface area contributed by atoms with E-state index in [0.717, 1.165) is 6.66 Å². The van der Waals surface area contributed by atoms with Gasteiger partial charge in [0.15, 0.2) is 0 Å². The molecule has 50 valence electrons. The van der Waals surface area contributed by atoms with Crippen molar-refractivity contribution in [3.05, 3.63) is 0 Å². The van der Waals surface area contributed by atoms with Gasteiger partial charge in [-0.15, -0.1) is 0 Å². The average molecular weight is 160 g/mol. The number of rotatable bonds is 2. The van der Waals surface area contributed by atoms with Crippen molar-refractivity contribution in [2.24, 2.45) is 0 Å². The van der Waals surface area contributed by atoms with Gasteiger partial charge < -0.3 is 9.79 Å². The Labute approximate surface area is 46.8 Å². The summed E-state index contributed by atoms with van der Waals surface area (Å²) in [4.78, 5) is 16.1. The smallest absolute Gasteiger partial charge is 0.326 e. The van der Waals surface area contributed by atoms with E-state index >= 15 is 0 Å². The Balaban J connectivity index is 3.74. The Kier molecular flexibility index (Phi) is 2.88. The Morgan fingerprint density at radius 3 is 2.12 bits per heavy atom. The predicted octanol–water partition coefficient (Wildman–Crippen LogP) is 0.200. The zero-order chi connectivity index (χ0) is 6.78. The summed E-state index contributed by atoms with van der Waals surface area (Å²) in [6.45, 7) is 0.839. The molecule has 0 aromatic carbocycles. The van der Waals surface area contributed by atoms with E-state index in [-0.39, 0.29) is 0 Å². The summed E-state index contributed by atoms with van der Waals surface area (Å²) in [6, 6.07) is 0. The third kappa shape index (κ3) is 6.34. The molecule has 0 amide bonds. The van der Waals surface area contributed by atoms with Crippen LogP contribution in [0.3, 0.4) is 0 Å². The highest BCUT2D eigenvalue weighted by atomic mass is 31.2. The van der Waals surface area contributed by atoms with Crippen molar-refractivity contribution in [3.8, 4) is 0 Å². The molecule has 2 N–H and O–H groups in total. The van der Waals surface area contributed by atoms with Crippen molar-refractivity contribution in [1.82, 2.24) is 0 Å². The van der Waals surface area contributed by atoms with E-state index in [4.69, 9.17) is 9.79 Å². The molecule has 0 rings (SSSR count). The summed E-state index contributed by atoms with van der Waals surface area (Å²) in [6.07, 6.45) is 0. The normalized spacial score (nSPS) is 21.9. The SMILES string of the molecule is CP(=O)(O)O[PH](=O)O. The zero-order valence-electron chi connectivity index (χ0n) is 4.07. The van der Waals surface area contributed by atoms with E-state index in [1.54, 1.807) is 0 Å². The summed E-state index contributed by atoms with van der Waals surface area (Å²) in [5, 5.41) is 0. The number of hydrogen-bond acceptors (Lipinski definition) is 3. The molecule has 0 bridgehead atoms. The molecule has 0 radical (unpaired) electrons. The quantitative estimate of drug-likeness (QED) is 0.563. The van der Waals surface area contributed by atoms with Gasteiger partial charge in [-0.25, -0.2) is 4.31 Å². The highest BCUT2D eigenvalue weighted by Gasteiger charge is 2.11. The maximum atomic E-state index is 10.0. The van der Waals surface area contributed by atoms with Crippen molar-refractivity contribution in [2.75, 3.05) is 6.66 Å². The lowest BCUT2D eigenvalue weighted by molar-refractivity contribution is 0.355. The van der Waals surface area contributed by atoms with Gasteiger partial charge in [0.05, 0.1) is 0 Å². The first-order valence-electron chi connectivity index (χ1n) is 1.64. The zero-order valence-corrected chi connectivity index (χ0v) is 5.96. The van der Waals surface area contributed by atoms with Crippen LogP contribution < -0.4 is 0 Å². The fourth-order valence-corrected chi connectivity index (χ4v) is 1.30. The summed E-state index contributed by atoms with van der Waals surface area (Å²) in [5.74, 6) is 0. The Morgan fingerprint density at radius 2 is 2.12 bits per heavy atom. The van der Waals surface area contributed by atoms with Gasteiger partial charge in [-0.3, -0.25) is 9.13 Å². The van der Waals surface area contributed by atoms with Gasteiger partial charge in [0, 0.05) is 6.66 Å². The molecule has 0 saturated carbocycles. The van der Waals surface area contributed by atoms with Crippen LogP contribution in [0.15, 0.2) is 0 Å². The standard InChI is InChI=1S/CH6O5P2/c1-8(4,5)6-7(2)3/h7H,1H3,(H,2,3)(H,4,5). The molecule has 0 heterocycles. The second-order valence-corrected chi connectivity index (χ2v) is 4.03. The van der Waals surface area contributed by atoms with Crippen LogP contribution in [0, 0.1) is 0 Å². The number of hydrogen-bond donors (Lipinski definition) is 2. The van der Waals surface area contributed by atoms with Crippen LogP contribution in [-0.4, -0.2) is 16.5 Å². The molecule has 5 nitrogen and oxygen atoms in total. The summed E-state index contributed by atoms with van der Waals surface area (Å²) in [7, 11) is -6.99. The van der Waals surface area contributed by atoms with Crippen LogP contribution in [0.1, 0.15) is 0 Å². The third-order valence-electron chi connectivity index (χ3n) is 0.247. The van der Waals surface area contributed by atoms with Crippen LogP contribution in [0.5, 0.6) is 0 Å². The molecule has 8 heavy (non-hydrogen) atoms. The summed E-state index contributed by atoms with van der Waals surface area (Å²) < 4.78 is 23.3. The molecule has 0 spiro atoms. The minimum Gasteiger partial charge on any atom is -0.326 e. The van der Waals surface area contributed by atoms with Gasteiger partial charge >= 0.3 is 15.9 Å². The van der Waals surface area contributed by atoms with Gasteiger partial charge in [-0.2, -0.15) is 0 Å². The lowest BCUT2D eigenvalue weighted by Gasteiger charge is -1.99. The van der Waals surface area contributed by atoms with Crippen LogP contribution in [0.2, 0.25) is 0 Å². The fraction of sp³-hybridized carbons (Fsp3) is 1.00. The van der Waals surface area contributed by atoms with E-state index in [0.29, 0.717) is 0 Å². The molecule has 0 aromatic heterocycles. The summed E-state index contributed by atoms with van der Waals surface area (Å²) >= 11 is 0. The van der Waals surface area contributed by atoms with Crippen LogP contribution in [0.4, 0.5) is 0 Å². The first-order valence-corrected chi connectivity index (χ1v) is 4.93. The van der Waals surface area contributed by atoms with Gasteiger partial charge in [-0.1, -0.05) is 0 Å². The predicted molar refractivity (Wildman–Crippen MR) is 28.1 cm³/mol. The Morgan fingerprint density at radius 1 is 1.75 bits per heavy atom. The molecule has 0 aliphatic rings. The van der Waals surface area contributed by atoms with Gasteiger partial charge in [0.25, 0.3) is 0 Å².